The Morgan fingerprint density at radius 1 is 1.40 bits per heavy atom. The highest BCUT2D eigenvalue weighted by atomic mass is 79.9. The van der Waals surface area contributed by atoms with Gasteiger partial charge < -0.3 is 10.0 Å². The number of aliphatic hydroxyl groups is 1. The van der Waals surface area contributed by atoms with Crippen LogP contribution >= 0.6 is 15.9 Å². The van der Waals surface area contributed by atoms with Gasteiger partial charge in [0.05, 0.1) is 5.60 Å². The van der Waals surface area contributed by atoms with Crippen molar-refractivity contribution in [3.05, 3.63) is 0 Å². The molecule has 0 aromatic heterocycles. The average molecular weight is 280 g/mol. The molecule has 0 atom stereocenters. The van der Waals surface area contributed by atoms with Crippen LogP contribution in [0.5, 0.6) is 0 Å². The van der Waals surface area contributed by atoms with Crippen molar-refractivity contribution in [2.75, 3.05) is 18.4 Å². The minimum atomic E-state index is -0.804. The first kappa shape index (κ1) is 14.9. The summed E-state index contributed by atoms with van der Waals surface area (Å²) in [6, 6.07) is 0. The number of hydrogen-bond acceptors (Lipinski definition) is 2. The number of amides is 1. The van der Waals surface area contributed by atoms with Gasteiger partial charge in [-0.1, -0.05) is 15.9 Å². The van der Waals surface area contributed by atoms with Gasteiger partial charge >= 0.3 is 0 Å². The van der Waals surface area contributed by atoms with E-state index >= 15 is 0 Å². The van der Waals surface area contributed by atoms with Gasteiger partial charge in [0.2, 0.25) is 5.91 Å². The Hall–Kier alpha value is -0.0900. The molecular weight excluding hydrogens is 258 g/mol. The van der Waals surface area contributed by atoms with Gasteiger partial charge in [-0.25, -0.2) is 0 Å². The molecule has 0 spiro atoms. The van der Waals surface area contributed by atoms with Crippen LogP contribution < -0.4 is 0 Å². The molecule has 3 nitrogen and oxygen atoms in total. The Labute approximate surface area is 101 Å². The molecule has 0 bridgehead atoms. The Bertz CT molecular complexity index is 190. The topological polar surface area (TPSA) is 40.5 Å². The third kappa shape index (κ3) is 7.79. The van der Waals surface area contributed by atoms with E-state index < -0.39 is 5.60 Å². The predicted molar refractivity (Wildman–Crippen MR) is 66.2 cm³/mol. The second-order valence-electron chi connectivity index (χ2n) is 4.37. The van der Waals surface area contributed by atoms with Crippen LogP contribution in [0, 0.1) is 0 Å². The van der Waals surface area contributed by atoms with Crippen molar-refractivity contribution in [3.63, 3.8) is 0 Å². The SMILES string of the molecule is CCN(CC(C)(C)O)C(=O)CCCCBr. The van der Waals surface area contributed by atoms with Crippen LogP contribution in [0.3, 0.4) is 0 Å². The van der Waals surface area contributed by atoms with E-state index in [9.17, 15) is 9.90 Å². The lowest BCUT2D eigenvalue weighted by atomic mass is 10.1. The summed E-state index contributed by atoms with van der Waals surface area (Å²) >= 11 is 3.34. The summed E-state index contributed by atoms with van der Waals surface area (Å²) in [4.78, 5) is 13.4. The molecule has 0 aliphatic rings. The number of carbonyl (C=O) groups excluding carboxylic acids is 1. The normalized spacial score (nSPS) is 11.5. The van der Waals surface area contributed by atoms with E-state index in [0.29, 0.717) is 19.5 Å². The van der Waals surface area contributed by atoms with Gasteiger partial charge in [-0.05, 0) is 33.6 Å². The molecule has 0 fully saturated rings. The van der Waals surface area contributed by atoms with Crippen molar-refractivity contribution in [2.45, 2.75) is 45.6 Å². The molecule has 0 aromatic rings. The minimum Gasteiger partial charge on any atom is -0.389 e. The molecule has 0 rings (SSSR count). The zero-order valence-electron chi connectivity index (χ0n) is 9.92. The summed E-state index contributed by atoms with van der Waals surface area (Å²) in [5, 5.41) is 10.6. The predicted octanol–water partition coefficient (Wildman–Crippen LogP) is 2.17. The number of likely N-dealkylation sites (N-methyl/N-ethyl adjacent to an activating group) is 1. The Kier molecular flexibility index (Phi) is 7.18. The van der Waals surface area contributed by atoms with Crippen LogP contribution in [0.2, 0.25) is 0 Å². The maximum Gasteiger partial charge on any atom is 0.222 e. The zero-order chi connectivity index (χ0) is 11.9. The summed E-state index contributed by atoms with van der Waals surface area (Å²) in [5.41, 5.74) is -0.804. The molecule has 4 heteroatoms. The number of rotatable bonds is 7. The molecule has 0 heterocycles. The van der Waals surface area contributed by atoms with Crippen molar-refractivity contribution in [1.29, 1.82) is 0 Å². The summed E-state index contributed by atoms with van der Waals surface area (Å²) in [6.45, 7) is 6.46. The fourth-order valence-corrected chi connectivity index (χ4v) is 1.77. The molecule has 0 aliphatic carbocycles. The van der Waals surface area contributed by atoms with E-state index in [2.05, 4.69) is 15.9 Å². The monoisotopic (exact) mass is 279 g/mol. The van der Waals surface area contributed by atoms with Gasteiger partial charge in [-0.3, -0.25) is 4.79 Å². The smallest absolute Gasteiger partial charge is 0.222 e. The van der Waals surface area contributed by atoms with Crippen LogP contribution in [-0.2, 0) is 4.79 Å². The van der Waals surface area contributed by atoms with Crippen LogP contribution in [0.25, 0.3) is 0 Å². The van der Waals surface area contributed by atoms with E-state index in [1.165, 1.54) is 0 Å². The molecule has 90 valence electrons. The number of alkyl halides is 1. The highest BCUT2D eigenvalue weighted by molar-refractivity contribution is 9.09. The summed E-state index contributed by atoms with van der Waals surface area (Å²) in [6.07, 6.45) is 2.51. The number of hydrogen-bond donors (Lipinski definition) is 1. The van der Waals surface area contributed by atoms with Crippen LogP contribution in [0.4, 0.5) is 0 Å². The van der Waals surface area contributed by atoms with Gasteiger partial charge in [0.1, 0.15) is 0 Å². The van der Waals surface area contributed by atoms with Crippen LogP contribution in [0.1, 0.15) is 40.0 Å². The summed E-state index contributed by atoms with van der Waals surface area (Å²) in [7, 11) is 0. The number of nitrogens with zero attached hydrogens (tertiary/aromatic N) is 1. The van der Waals surface area contributed by atoms with Crippen molar-refractivity contribution in [3.8, 4) is 0 Å². The third-order valence-corrected chi connectivity index (χ3v) is 2.65. The molecule has 1 amide bonds. The third-order valence-electron chi connectivity index (χ3n) is 2.09. The number of carbonyl (C=O) groups is 1. The lowest BCUT2D eigenvalue weighted by molar-refractivity contribution is -0.134. The highest BCUT2D eigenvalue weighted by Crippen LogP contribution is 2.08. The minimum absolute atomic E-state index is 0.139. The first-order valence-corrected chi connectivity index (χ1v) is 6.59. The quantitative estimate of drug-likeness (QED) is 0.573. The van der Waals surface area contributed by atoms with Crippen molar-refractivity contribution < 1.29 is 9.90 Å². The molecule has 0 saturated carbocycles. The molecule has 0 aromatic carbocycles. The lowest BCUT2D eigenvalue weighted by Crippen LogP contribution is -2.42. The van der Waals surface area contributed by atoms with Crippen LogP contribution in [-0.4, -0.2) is 39.9 Å². The van der Waals surface area contributed by atoms with E-state index in [0.717, 1.165) is 18.2 Å². The van der Waals surface area contributed by atoms with Crippen molar-refractivity contribution in [1.82, 2.24) is 4.90 Å². The molecule has 0 aliphatic heterocycles. The van der Waals surface area contributed by atoms with Crippen molar-refractivity contribution >= 4 is 21.8 Å². The van der Waals surface area contributed by atoms with E-state index in [-0.39, 0.29) is 5.91 Å². The molecular formula is C11H22BrNO2. The summed E-state index contributed by atoms with van der Waals surface area (Å²) in [5.74, 6) is 0.139. The maximum atomic E-state index is 11.7. The van der Waals surface area contributed by atoms with Gasteiger partial charge in [0.25, 0.3) is 0 Å². The summed E-state index contributed by atoms with van der Waals surface area (Å²) < 4.78 is 0. The fourth-order valence-electron chi connectivity index (χ4n) is 1.37. The Morgan fingerprint density at radius 2 is 2.00 bits per heavy atom. The first-order chi connectivity index (χ1) is 6.90. The van der Waals surface area contributed by atoms with E-state index in [4.69, 9.17) is 0 Å². The van der Waals surface area contributed by atoms with Crippen molar-refractivity contribution in [2.24, 2.45) is 0 Å². The van der Waals surface area contributed by atoms with Gasteiger partial charge in [0, 0.05) is 24.8 Å². The maximum absolute atomic E-state index is 11.7. The van der Waals surface area contributed by atoms with Gasteiger partial charge in [0.15, 0.2) is 0 Å². The lowest BCUT2D eigenvalue weighted by Gasteiger charge is -2.28. The highest BCUT2D eigenvalue weighted by Gasteiger charge is 2.20. The molecule has 0 radical (unpaired) electrons. The van der Waals surface area contributed by atoms with E-state index in [1.54, 1.807) is 18.7 Å². The number of unbranched alkanes of at least 4 members (excludes halogenated alkanes) is 1. The molecule has 1 N–H and O–H groups in total. The standard InChI is InChI=1S/C11H22BrNO2/c1-4-13(9-11(2,3)15)10(14)7-5-6-8-12/h15H,4-9H2,1-3H3. The van der Waals surface area contributed by atoms with Gasteiger partial charge in [-0.15, -0.1) is 0 Å². The first-order valence-electron chi connectivity index (χ1n) is 5.47. The molecule has 15 heavy (non-hydrogen) atoms. The van der Waals surface area contributed by atoms with Crippen LogP contribution in [0.15, 0.2) is 0 Å². The fraction of sp³-hybridized carbons (Fsp3) is 0.909. The average Bonchev–Trinajstić information content (AvgIpc) is 2.13. The Morgan fingerprint density at radius 3 is 2.40 bits per heavy atom. The molecule has 0 unspecified atom stereocenters. The second-order valence-corrected chi connectivity index (χ2v) is 5.16. The molecule has 0 saturated heterocycles. The van der Waals surface area contributed by atoms with E-state index in [1.807, 2.05) is 6.92 Å². The Balaban J connectivity index is 4.00. The largest absolute Gasteiger partial charge is 0.389 e. The zero-order valence-corrected chi connectivity index (χ0v) is 11.5. The number of halogens is 1. The second kappa shape index (κ2) is 7.23. The van der Waals surface area contributed by atoms with Gasteiger partial charge in [-0.2, -0.15) is 0 Å².